The summed E-state index contributed by atoms with van der Waals surface area (Å²) in [4.78, 5) is 18.9. The van der Waals surface area contributed by atoms with Gasteiger partial charge >= 0.3 is 5.97 Å². The number of rotatable bonds is 2. The Morgan fingerprint density at radius 3 is 2.88 bits per heavy atom. The Balaban J connectivity index is 2.33. The first-order chi connectivity index (χ1) is 8.03. The quantitative estimate of drug-likeness (QED) is 0.801. The second-order valence-electron chi connectivity index (χ2n) is 4.33. The van der Waals surface area contributed by atoms with E-state index in [1.54, 1.807) is 0 Å². The van der Waals surface area contributed by atoms with Crippen LogP contribution >= 0.6 is 0 Å². The van der Waals surface area contributed by atoms with Crippen molar-refractivity contribution in [2.75, 3.05) is 12.3 Å². The van der Waals surface area contributed by atoms with Crippen LogP contribution in [0.1, 0.15) is 42.4 Å². The topological polar surface area (TPSA) is 98.3 Å². The van der Waals surface area contributed by atoms with E-state index in [1.807, 2.05) is 6.92 Å². The van der Waals surface area contributed by atoms with Crippen LogP contribution in [0, 0.1) is 0 Å². The lowest BCUT2D eigenvalue weighted by molar-refractivity contribution is -0.0759. The van der Waals surface area contributed by atoms with Crippen molar-refractivity contribution in [3.63, 3.8) is 0 Å². The smallest absolute Gasteiger partial charge is 0.341 e. The van der Waals surface area contributed by atoms with Gasteiger partial charge in [0.05, 0.1) is 0 Å². The van der Waals surface area contributed by atoms with E-state index in [-0.39, 0.29) is 11.4 Å². The predicted octanol–water partition coefficient (Wildman–Crippen LogP) is 1.17. The molecule has 1 unspecified atom stereocenters. The van der Waals surface area contributed by atoms with Crippen molar-refractivity contribution in [1.82, 2.24) is 9.97 Å². The number of ether oxygens (including phenoxy) is 1. The maximum absolute atomic E-state index is 10.8. The van der Waals surface area contributed by atoms with Gasteiger partial charge < -0.3 is 15.6 Å². The first-order valence-corrected chi connectivity index (χ1v) is 5.53. The zero-order valence-corrected chi connectivity index (χ0v) is 9.64. The number of carboxylic acid groups (broad SMARTS) is 1. The Bertz CT molecular complexity index is 442. The molecule has 0 bridgehead atoms. The van der Waals surface area contributed by atoms with Crippen LogP contribution in [0.4, 0.5) is 5.82 Å². The predicted molar refractivity (Wildman–Crippen MR) is 60.6 cm³/mol. The van der Waals surface area contributed by atoms with Gasteiger partial charge in [-0.3, -0.25) is 0 Å². The minimum Gasteiger partial charge on any atom is -0.477 e. The number of aromatic nitrogens is 2. The van der Waals surface area contributed by atoms with E-state index in [2.05, 4.69) is 9.97 Å². The summed E-state index contributed by atoms with van der Waals surface area (Å²) in [5.74, 6) is -0.679. The van der Waals surface area contributed by atoms with Gasteiger partial charge in [-0.05, 0) is 26.2 Å². The summed E-state index contributed by atoms with van der Waals surface area (Å²) >= 11 is 0. The van der Waals surface area contributed by atoms with Crippen LogP contribution in [0.5, 0.6) is 0 Å². The van der Waals surface area contributed by atoms with Gasteiger partial charge in [-0.2, -0.15) is 0 Å². The van der Waals surface area contributed by atoms with Crippen LogP contribution in [0.3, 0.4) is 0 Å². The van der Waals surface area contributed by atoms with E-state index in [4.69, 9.17) is 15.6 Å². The van der Waals surface area contributed by atoms with Gasteiger partial charge in [0.15, 0.2) is 5.82 Å². The summed E-state index contributed by atoms with van der Waals surface area (Å²) in [6.45, 7) is 2.57. The molecule has 2 heterocycles. The van der Waals surface area contributed by atoms with Crippen molar-refractivity contribution in [2.45, 2.75) is 31.8 Å². The Kier molecular flexibility index (Phi) is 2.97. The van der Waals surface area contributed by atoms with Crippen molar-refractivity contribution < 1.29 is 14.6 Å². The zero-order valence-electron chi connectivity index (χ0n) is 9.64. The number of carboxylic acids is 1. The minimum atomic E-state index is -1.12. The van der Waals surface area contributed by atoms with Crippen LogP contribution in [-0.4, -0.2) is 27.7 Å². The number of nitrogens with two attached hydrogens (primary N) is 1. The summed E-state index contributed by atoms with van der Waals surface area (Å²) < 4.78 is 5.68. The second-order valence-corrected chi connectivity index (χ2v) is 4.33. The normalized spacial score (nSPS) is 24.5. The van der Waals surface area contributed by atoms with E-state index < -0.39 is 11.6 Å². The molecule has 1 aromatic rings. The number of carbonyl (C=O) groups is 1. The van der Waals surface area contributed by atoms with Crippen molar-refractivity contribution in [2.24, 2.45) is 0 Å². The molecule has 0 spiro atoms. The molecule has 2 rings (SSSR count). The second kappa shape index (κ2) is 4.29. The average molecular weight is 237 g/mol. The van der Waals surface area contributed by atoms with Crippen molar-refractivity contribution in [3.8, 4) is 0 Å². The monoisotopic (exact) mass is 237 g/mol. The highest BCUT2D eigenvalue weighted by molar-refractivity contribution is 5.92. The molecule has 1 fully saturated rings. The van der Waals surface area contributed by atoms with Crippen LogP contribution in [0.25, 0.3) is 0 Å². The molecule has 3 N–H and O–H groups in total. The van der Waals surface area contributed by atoms with Crippen molar-refractivity contribution in [1.29, 1.82) is 0 Å². The molecule has 92 valence electrons. The van der Waals surface area contributed by atoms with Crippen molar-refractivity contribution in [3.05, 3.63) is 17.6 Å². The highest BCUT2D eigenvalue weighted by Crippen LogP contribution is 2.32. The summed E-state index contributed by atoms with van der Waals surface area (Å²) in [5.41, 5.74) is 4.97. The molecular formula is C11H15N3O3. The Hall–Kier alpha value is -1.69. The number of nitrogens with zero attached hydrogens (tertiary/aromatic N) is 2. The molecule has 6 heteroatoms. The number of hydrogen-bond acceptors (Lipinski definition) is 5. The molecule has 0 aromatic carbocycles. The van der Waals surface area contributed by atoms with Crippen LogP contribution in [0.15, 0.2) is 6.20 Å². The lowest BCUT2D eigenvalue weighted by atomic mass is 9.95. The number of nitrogen functional groups attached to an aromatic ring is 1. The molecule has 1 aliphatic heterocycles. The molecule has 1 aliphatic rings. The van der Waals surface area contributed by atoms with Gasteiger partial charge in [0.1, 0.15) is 17.0 Å². The summed E-state index contributed by atoms with van der Waals surface area (Å²) in [5, 5.41) is 8.84. The largest absolute Gasteiger partial charge is 0.477 e. The third-order valence-electron chi connectivity index (χ3n) is 2.99. The molecule has 0 saturated carbocycles. The third kappa shape index (κ3) is 2.21. The molecule has 17 heavy (non-hydrogen) atoms. The van der Waals surface area contributed by atoms with Gasteiger partial charge in [-0.25, -0.2) is 14.8 Å². The molecule has 1 saturated heterocycles. The Morgan fingerprint density at radius 2 is 2.35 bits per heavy atom. The fourth-order valence-corrected chi connectivity index (χ4v) is 1.92. The Morgan fingerprint density at radius 1 is 1.59 bits per heavy atom. The van der Waals surface area contributed by atoms with Gasteiger partial charge in [0.2, 0.25) is 0 Å². The van der Waals surface area contributed by atoms with E-state index in [1.165, 1.54) is 6.20 Å². The van der Waals surface area contributed by atoms with E-state index in [0.717, 1.165) is 19.3 Å². The first-order valence-electron chi connectivity index (χ1n) is 5.53. The van der Waals surface area contributed by atoms with E-state index in [0.29, 0.717) is 12.4 Å². The summed E-state index contributed by atoms with van der Waals surface area (Å²) in [7, 11) is 0. The number of anilines is 1. The molecule has 0 amide bonds. The maximum atomic E-state index is 10.8. The fraction of sp³-hybridized carbons (Fsp3) is 0.545. The molecule has 1 aromatic heterocycles. The lowest BCUT2D eigenvalue weighted by Crippen LogP contribution is -2.32. The van der Waals surface area contributed by atoms with Crippen LogP contribution in [0.2, 0.25) is 0 Å². The highest BCUT2D eigenvalue weighted by atomic mass is 16.5. The highest BCUT2D eigenvalue weighted by Gasteiger charge is 2.33. The summed E-state index contributed by atoms with van der Waals surface area (Å²) in [6.07, 6.45) is 4.13. The third-order valence-corrected chi connectivity index (χ3v) is 2.99. The van der Waals surface area contributed by atoms with Crippen LogP contribution < -0.4 is 5.73 Å². The molecule has 6 nitrogen and oxygen atoms in total. The van der Waals surface area contributed by atoms with E-state index >= 15 is 0 Å². The Labute approximate surface area is 98.8 Å². The number of aromatic carboxylic acids is 1. The molecular weight excluding hydrogens is 222 g/mol. The molecule has 0 aliphatic carbocycles. The maximum Gasteiger partial charge on any atom is 0.341 e. The fourth-order valence-electron chi connectivity index (χ4n) is 1.92. The minimum absolute atomic E-state index is 0.0158. The average Bonchev–Trinajstić information content (AvgIpc) is 2.29. The van der Waals surface area contributed by atoms with Gasteiger partial charge in [0.25, 0.3) is 0 Å². The standard InChI is InChI=1S/C11H15N3O3/c1-11(4-2-3-5-17-11)10-13-6-7(9(15)16)8(12)14-10/h6H,2-5H2,1H3,(H,15,16)(H2,12,13,14). The zero-order chi connectivity index (χ0) is 12.5. The molecule has 1 atom stereocenters. The van der Waals surface area contributed by atoms with Gasteiger partial charge in [-0.15, -0.1) is 0 Å². The SMILES string of the molecule is CC1(c2ncc(C(=O)O)c(N)n2)CCCCO1. The number of hydrogen-bond donors (Lipinski definition) is 2. The van der Waals surface area contributed by atoms with Crippen molar-refractivity contribution >= 4 is 11.8 Å². The lowest BCUT2D eigenvalue weighted by Gasteiger charge is -2.32. The van der Waals surface area contributed by atoms with E-state index in [9.17, 15) is 4.79 Å². The molecule has 0 radical (unpaired) electrons. The van der Waals surface area contributed by atoms with Gasteiger partial charge in [-0.1, -0.05) is 0 Å². The van der Waals surface area contributed by atoms with Crippen LogP contribution in [-0.2, 0) is 10.3 Å². The first kappa shape index (κ1) is 11.8. The summed E-state index contributed by atoms with van der Waals surface area (Å²) in [6, 6.07) is 0. The van der Waals surface area contributed by atoms with Gasteiger partial charge in [0, 0.05) is 12.8 Å².